The number of anilines is 1. The largest absolute Gasteiger partial charge is 0.493 e. The molecule has 96 valence electrons. The van der Waals surface area contributed by atoms with E-state index in [9.17, 15) is 8.78 Å². The van der Waals surface area contributed by atoms with Gasteiger partial charge < -0.3 is 10.5 Å². The van der Waals surface area contributed by atoms with Crippen LogP contribution < -0.4 is 10.5 Å². The zero-order chi connectivity index (χ0) is 13.4. The van der Waals surface area contributed by atoms with Crippen LogP contribution in [0.3, 0.4) is 0 Å². The number of nitrogen functional groups attached to an aromatic ring is 1. The molecule has 0 saturated carbocycles. The summed E-state index contributed by atoms with van der Waals surface area (Å²) in [5.41, 5.74) is 6.31. The Hall–Kier alpha value is -1.82. The number of hydrogen-bond acceptors (Lipinski definition) is 3. The molecule has 1 aromatic carbocycles. The van der Waals surface area contributed by atoms with E-state index >= 15 is 0 Å². The number of nitrogens with two attached hydrogens (primary N) is 1. The minimum absolute atomic E-state index is 0.166. The Kier molecular flexibility index (Phi) is 3.13. The van der Waals surface area contributed by atoms with Gasteiger partial charge in [0, 0.05) is 18.2 Å². The van der Waals surface area contributed by atoms with Crippen molar-refractivity contribution in [3.8, 4) is 16.9 Å². The van der Waals surface area contributed by atoms with E-state index in [1.165, 1.54) is 18.0 Å². The van der Waals surface area contributed by atoms with Crippen LogP contribution in [0, 0.1) is 11.6 Å². The molecular weight excluding hydrogens is 264 g/mol. The molecule has 0 atom stereocenters. The summed E-state index contributed by atoms with van der Waals surface area (Å²) in [6.07, 6.45) is 1.40. The summed E-state index contributed by atoms with van der Waals surface area (Å²) in [4.78, 5) is 0. The van der Waals surface area contributed by atoms with E-state index in [0.717, 1.165) is 6.07 Å². The molecule has 0 unspecified atom stereocenters. The quantitative estimate of drug-likeness (QED) is 0.856. The standard InChI is InChI=1S/C11H10ClF2N3O/c1-17-11(15)6(4-16-17)5-3-7(13)8(12)9(14)10(5)18-2/h3-4H,15H2,1-2H3. The Morgan fingerprint density at radius 3 is 2.56 bits per heavy atom. The fourth-order valence-electron chi connectivity index (χ4n) is 1.63. The van der Waals surface area contributed by atoms with Crippen LogP contribution in [-0.4, -0.2) is 16.9 Å². The Labute approximate surface area is 107 Å². The topological polar surface area (TPSA) is 53.1 Å². The summed E-state index contributed by atoms with van der Waals surface area (Å²) in [5.74, 6) is -1.74. The van der Waals surface area contributed by atoms with Gasteiger partial charge in [0.2, 0.25) is 0 Å². The summed E-state index contributed by atoms with van der Waals surface area (Å²) in [6.45, 7) is 0. The van der Waals surface area contributed by atoms with Gasteiger partial charge in [-0.1, -0.05) is 11.6 Å². The lowest BCUT2D eigenvalue weighted by Crippen LogP contribution is -2.00. The average Bonchev–Trinajstić information content (AvgIpc) is 2.67. The molecule has 0 radical (unpaired) electrons. The van der Waals surface area contributed by atoms with Gasteiger partial charge in [0.05, 0.1) is 13.3 Å². The molecule has 2 rings (SSSR count). The first-order chi connectivity index (χ1) is 8.47. The smallest absolute Gasteiger partial charge is 0.187 e. The molecule has 0 spiro atoms. The molecule has 0 aliphatic rings. The second kappa shape index (κ2) is 4.45. The number of benzene rings is 1. The molecule has 1 heterocycles. The fourth-order valence-corrected chi connectivity index (χ4v) is 1.77. The number of halogens is 3. The molecule has 18 heavy (non-hydrogen) atoms. The Morgan fingerprint density at radius 1 is 1.39 bits per heavy atom. The molecular formula is C11H10ClF2N3O. The fraction of sp³-hybridized carbons (Fsp3) is 0.182. The van der Waals surface area contributed by atoms with E-state index in [0.29, 0.717) is 5.56 Å². The maximum Gasteiger partial charge on any atom is 0.187 e. The van der Waals surface area contributed by atoms with Crippen molar-refractivity contribution in [1.82, 2.24) is 9.78 Å². The Balaban J connectivity index is 2.75. The third-order valence-electron chi connectivity index (χ3n) is 2.60. The maximum atomic E-state index is 13.8. The van der Waals surface area contributed by atoms with Crippen molar-refractivity contribution in [2.75, 3.05) is 12.8 Å². The first kappa shape index (κ1) is 12.6. The highest BCUT2D eigenvalue weighted by Gasteiger charge is 2.21. The number of nitrogens with zero attached hydrogens (tertiary/aromatic N) is 2. The van der Waals surface area contributed by atoms with E-state index in [1.54, 1.807) is 7.05 Å². The van der Waals surface area contributed by atoms with Crippen LogP contribution in [0.5, 0.6) is 5.75 Å². The number of aryl methyl sites for hydroxylation is 1. The number of aromatic nitrogens is 2. The number of hydrogen-bond donors (Lipinski definition) is 1. The molecule has 0 aliphatic carbocycles. The van der Waals surface area contributed by atoms with E-state index < -0.39 is 16.7 Å². The van der Waals surface area contributed by atoms with Gasteiger partial charge in [-0.3, -0.25) is 4.68 Å². The average molecular weight is 274 g/mol. The van der Waals surface area contributed by atoms with Crippen molar-refractivity contribution in [2.24, 2.45) is 7.05 Å². The van der Waals surface area contributed by atoms with E-state index in [1.807, 2.05) is 0 Å². The predicted octanol–water partition coefficient (Wildman–Crippen LogP) is 2.61. The van der Waals surface area contributed by atoms with Gasteiger partial charge in [-0.05, 0) is 6.07 Å². The van der Waals surface area contributed by atoms with Crippen molar-refractivity contribution in [1.29, 1.82) is 0 Å². The van der Waals surface area contributed by atoms with Crippen LogP contribution in [0.1, 0.15) is 0 Å². The van der Waals surface area contributed by atoms with E-state index in [2.05, 4.69) is 5.10 Å². The van der Waals surface area contributed by atoms with Gasteiger partial charge in [-0.2, -0.15) is 5.10 Å². The predicted molar refractivity (Wildman–Crippen MR) is 64.5 cm³/mol. The van der Waals surface area contributed by atoms with Crippen LogP contribution in [0.15, 0.2) is 12.3 Å². The minimum Gasteiger partial charge on any atom is -0.493 e. The number of rotatable bonds is 2. The molecule has 4 nitrogen and oxygen atoms in total. The summed E-state index contributed by atoms with van der Waals surface area (Å²) < 4.78 is 33.6. The molecule has 0 fully saturated rings. The summed E-state index contributed by atoms with van der Waals surface area (Å²) in [7, 11) is 2.89. The third-order valence-corrected chi connectivity index (χ3v) is 2.94. The Bertz CT molecular complexity index is 613. The van der Waals surface area contributed by atoms with Crippen LogP contribution in [0.2, 0.25) is 5.02 Å². The van der Waals surface area contributed by atoms with Crippen molar-refractivity contribution in [2.45, 2.75) is 0 Å². The molecule has 1 aromatic heterocycles. The normalized spacial score (nSPS) is 10.7. The minimum atomic E-state index is -0.961. The first-order valence-corrected chi connectivity index (χ1v) is 5.34. The molecule has 2 aromatic rings. The zero-order valence-electron chi connectivity index (χ0n) is 9.67. The highest BCUT2D eigenvalue weighted by Crippen LogP contribution is 2.39. The molecule has 0 aliphatic heterocycles. The van der Waals surface area contributed by atoms with Crippen LogP contribution in [0.4, 0.5) is 14.6 Å². The second-order valence-corrected chi connectivity index (χ2v) is 4.01. The van der Waals surface area contributed by atoms with E-state index in [4.69, 9.17) is 22.1 Å². The summed E-state index contributed by atoms with van der Waals surface area (Å²) in [6, 6.07) is 1.07. The number of methoxy groups -OCH3 is 1. The van der Waals surface area contributed by atoms with E-state index in [-0.39, 0.29) is 17.1 Å². The van der Waals surface area contributed by atoms with Gasteiger partial charge in [0.1, 0.15) is 16.7 Å². The zero-order valence-corrected chi connectivity index (χ0v) is 10.4. The highest BCUT2D eigenvalue weighted by atomic mass is 35.5. The van der Waals surface area contributed by atoms with Crippen molar-refractivity contribution < 1.29 is 13.5 Å². The molecule has 7 heteroatoms. The van der Waals surface area contributed by atoms with Gasteiger partial charge in [-0.15, -0.1) is 0 Å². The number of ether oxygens (including phenoxy) is 1. The Morgan fingerprint density at radius 2 is 2.06 bits per heavy atom. The maximum absolute atomic E-state index is 13.8. The van der Waals surface area contributed by atoms with Crippen LogP contribution in [0.25, 0.3) is 11.1 Å². The van der Waals surface area contributed by atoms with Crippen molar-refractivity contribution in [3.63, 3.8) is 0 Å². The molecule has 0 bridgehead atoms. The lowest BCUT2D eigenvalue weighted by molar-refractivity contribution is 0.386. The first-order valence-electron chi connectivity index (χ1n) is 4.96. The van der Waals surface area contributed by atoms with Gasteiger partial charge in [0.25, 0.3) is 0 Å². The van der Waals surface area contributed by atoms with Crippen LogP contribution in [-0.2, 0) is 7.05 Å². The lowest BCUT2D eigenvalue weighted by Gasteiger charge is -2.10. The van der Waals surface area contributed by atoms with Gasteiger partial charge in [-0.25, -0.2) is 8.78 Å². The van der Waals surface area contributed by atoms with Gasteiger partial charge in [0.15, 0.2) is 11.6 Å². The SMILES string of the molecule is COc1c(-c2cnn(C)c2N)cc(F)c(Cl)c1F. The summed E-state index contributed by atoms with van der Waals surface area (Å²) >= 11 is 5.48. The second-order valence-electron chi connectivity index (χ2n) is 3.63. The van der Waals surface area contributed by atoms with Crippen molar-refractivity contribution >= 4 is 17.4 Å². The third kappa shape index (κ3) is 1.78. The molecule has 0 saturated heterocycles. The molecule has 0 amide bonds. The monoisotopic (exact) mass is 273 g/mol. The summed E-state index contributed by atoms with van der Waals surface area (Å²) in [5, 5.41) is 3.30. The highest BCUT2D eigenvalue weighted by molar-refractivity contribution is 6.31. The van der Waals surface area contributed by atoms with Crippen LogP contribution >= 0.6 is 11.6 Å². The molecule has 2 N–H and O–H groups in total. The van der Waals surface area contributed by atoms with Gasteiger partial charge >= 0.3 is 0 Å². The van der Waals surface area contributed by atoms with Crippen molar-refractivity contribution in [3.05, 3.63) is 28.9 Å². The lowest BCUT2D eigenvalue weighted by atomic mass is 10.1.